The molecule has 0 saturated heterocycles. The van der Waals surface area contributed by atoms with Crippen molar-refractivity contribution >= 4 is 17.4 Å². The third-order valence-corrected chi connectivity index (χ3v) is 3.63. The Balaban J connectivity index is 1.83. The third-order valence-electron chi connectivity index (χ3n) is 3.44. The number of hydrogen-bond acceptors (Lipinski definition) is 4. The molecule has 0 atom stereocenters. The van der Waals surface area contributed by atoms with Gasteiger partial charge in [-0.2, -0.15) is 19.6 Å². The van der Waals surface area contributed by atoms with Crippen LogP contribution in [0.2, 0.25) is 5.15 Å². The minimum absolute atomic E-state index is 0.243. The van der Waals surface area contributed by atoms with E-state index < -0.39 is 0 Å². The Morgan fingerprint density at radius 3 is 2.89 bits per heavy atom. The lowest BCUT2D eigenvalue weighted by molar-refractivity contribution is 0.127. The highest BCUT2D eigenvalue weighted by Crippen LogP contribution is 2.27. The largest absolute Gasteiger partial charge is 0.474 e. The van der Waals surface area contributed by atoms with Crippen molar-refractivity contribution in [1.29, 1.82) is 0 Å². The first-order chi connectivity index (χ1) is 8.72. The first-order valence-electron chi connectivity index (χ1n) is 6.25. The Morgan fingerprint density at radius 2 is 2.11 bits per heavy atom. The average molecular weight is 267 g/mol. The highest BCUT2D eigenvalue weighted by atomic mass is 35.5. The van der Waals surface area contributed by atoms with Crippen molar-refractivity contribution in [3.63, 3.8) is 0 Å². The first-order valence-corrected chi connectivity index (χ1v) is 6.63. The molecule has 0 unspecified atom stereocenters. The fourth-order valence-electron chi connectivity index (χ4n) is 2.36. The van der Waals surface area contributed by atoms with Gasteiger partial charge in [-0.25, -0.2) is 0 Å². The monoisotopic (exact) mass is 266 g/mol. The molecule has 0 aromatic carbocycles. The molecule has 1 fully saturated rings. The van der Waals surface area contributed by atoms with Crippen molar-refractivity contribution in [2.75, 3.05) is 0 Å². The van der Waals surface area contributed by atoms with Gasteiger partial charge >= 0.3 is 0 Å². The number of rotatable bonds is 2. The third kappa shape index (κ3) is 2.27. The zero-order chi connectivity index (χ0) is 12.5. The van der Waals surface area contributed by atoms with E-state index in [0.717, 1.165) is 18.8 Å². The van der Waals surface area contributed by atoms with Gasteiger partial charge in [0.25, 0.3) is 5.78 Å². The summed E-state index contributed by atoms with van der Waals surface area (Å²) in [4.78, 5) is 8.10. The molecule has 6 heteroatoms. The van der Waals surface area contributed by atoms with Crippen LogP contribution >= 0.6 is 11.6 Å². The van der Waals surface area contributed by atoms with Crippen LogP contribution in [-0.4, -0.2) is 25.7 Å². The van der Waals surface area contributed by atoms with Crippen LogP contribution in [0.1, 0.15) is 32.6 Å². The number of aromatic nitrogens is 4. The van der Waals surface area contributed by atoms with Gasteiger partial charge in [-0.3, -0.25) is 0 Å². The molecule has 0 bridgehead atoms. The second-order valence-corrected chi connectivity index (χ2v) is 5.28. The number of halogens is 1. The summed E-state index contributed by atoms with van der Waals surface area (Å²) in [7, 11) is 0. The summed E-state index contributed by atoms with van der Waals surface area (Å²) in [5.41, 5.74) is 0. The lowest BCUT2D eigenvalue weighted by atomic mass is 9.89. The van der Waals surface area contributed by atoms with Crippen molar-refractivity contribution in [3.8, 4) is 5.88 Å². The molecule has 0 spiro atoms. The smallest absolute Gasteiger partial charge is 0.256 e. The molecule has 18 heavy (non-hydrogen) atoms. The lowest BCUT2D eigenvalue weighted by Gasteiger charge is -2.26. The van der Waals surface area contributed by atoms with E-state index in [1.807, 2.05) is 0 Å². The summed E-state index contributed by atoms with van der Waals surface area (Å²) in [5.74, 6) is 1.90. The highest BCUT2D eigenvalue weighted by molar-refractivity contribution is 6.29. The maximum Gasteiger partial charge on any atom is 0.256 e. The van der Waals surface area contributed by atoms with Crippen LogP contribution in [-0.2, 0) is 0 Å². The fraction of sp³-hybridized carbons (Fsp3) is 0.583. The van der Waals surface area contributed by atoms with Crippen molar-refractivity contribution in [3.05, 3.63) is 17.5 Å². The van der Waals surface area contributed by atoms with Gasteiger partial charge in [-0.15, -0.1) is 0 Å². The second-order valence-electron chi connectivity index (χ2n) is 4.89. The molecule has 2 aromatic heterocycles. The molecular weight excluding hydrogens is 252 g/mol. The maximum atomic E-state index is 5.99. The summed E-state index contributed by atoms with van der Waals surface area (Å²) in [6.07, 6.45) is 6.28. The second kappa shape index (κ2) is 4.72. The van der Waals surface area contributed by atoms with Gasteiger partial charge in [-0.1, -0.05) is 18.5 Å². The SMILES string of the molecule is CC1CCC(Oc2cc(Cl)nc3ncnn23)CC1. The first kappa shape index (κ1) is 11.7. The Bertz CT molecular complexity index is 548. The summed E-state index contributed by atoms with van der Waals surface area (Å²) < 4.78 is 7.58. The Hall–Kier alpha value is -1.36. The van der Waals surface area contributed by atoms with Crippen LogP contribution in [0.5, 0.6) is 5.88 Å². The molecule has 0 N–H and O–H groups in total. The van der Waals surface area contributed by atoms with E-state index in [0.29, 0.717) is 16.8 Å². The minimum Gasteiger partial charge on any atom is -0.474 e. The number of nitrogens with zero attached hydrogens (tertiary/aromatic N) is 4. The van der Waals surface area contributed by atoms with E-state index in [1.165, 1.54) is 19.2 Å². The Kier molecular flexibility index (Phi) is 3.07. The summed E-state index contributed by atoms with van der Waals surface area (Å²) in [6.45, 7) is 2.29. The van der Waals surface area contributed by atoms with Gasteiger partial charge in [0.15, 0.2) is 0 Å². The predicted octanol–water partition coefficient (Wildman–Crippen LogP) is 2.74. The minimum atomic E-state index is 0.243. The van der Waals surface area contributed by atoms with Crippen LogP contribution in [0.15, 0.2) is 12.4 Å². The molecule has 0 aliphatic heterocycles. The topological polar surface area (TPSA) is 52.3 Å². The van der Waals surface area contributed by atoms with E-state index >= 15 is 0 Å². The van der Waals surface area contributed by atoms with Gasteiger partial charge < -0.3 is 4.74 Å². The standard InChI is InChI=1S/C12H15ClN4O/c1-8-2-4-9(5-3-8)18-11-6-10(13)16-12-14-7-15-17(11)12/h6-9H,2-5H2,1H3. The van der Waals surface area contributed by atoms with Crippen LogP contribution in [0, 0.1) is 5.92 Å². The van der Waals surface area contributed by atoms with Crippen LogP contribution in [0.25, 0.3) is 5.78 Å². The highest BCUT2D eigenvalue weighted by Gasteiger charge is 2.21. The average Bonchev–Trinajstić information content (AvgIpc) is 2.80. The van der Waals surface area contributed by atoms with Crippen LogP contribution in [0.4, 0.5) is 0 Å². The summed E-state index contributed by atoms with van der Waals surface area (Å²) in [6, 6.07) is 1.70. The van der Waals surface area contributed by atoms with Gasteiger partial charge in [0.05, 0.1) is 0 Å². The molecule has 1 aliphatic rings. The van der Waals surface area contributed by atoms with E-state index in [2.05, 4.69) is 22.0 Å². The van der Waals surface area contributed by atoms with Crippen LogP contribution in [0.3, 0.4) is 0 Å². The normalized spacial score (nSPS) is 24.3. The molecule has 96 valence electrons. The number of fused-ring (bicyclic) bond motifs is 1. The van der Waals surface area contributed by atoms with Gasteiger partial charge in [0.2, 0.25) is 5.88 Å². The van der Waals surface area contributed by atoms with Crippen molar-refractivity contribution in [2.45, 2.75) is 38.7 Å². The lowest BCUT2D eigenvalue weighted by Crippen LogP contribution is -2.24. The predicted molar refractivity (Wildman–Crippen MR) is 67.8 cm³/mol. The van der Waals surface area contributed by atoms with Gasteiger partial charge in [0.1, 0.15) is 17.6 Å². The maximum absolute atomic E-state index is 5.99. The molecule has 5 nitrogen and oxygen atoms in total. The van der Waals surface area contributed by atoms with E-state index in [9.17, 15) is 0 Å². The van der Waals surface area contributed by atoms with Crippen molar-refractivity contribution in [1.82, 2.24) is 19.6 Å². The summed E-state index contributed by atoms with van der Waals surface area (Å²) in [5, 5.41) is 4.48. The number of hydrogen-bond donors (Lipinski definition) is 0. The van der Waals surface area contributed by atoms with Gasteiger partial charge in [-0.05, 0) is 31.6 Å². The Morgan fingerprint density at radius 1 is 1.33 bits per heavy atom. The quantitative estimate of drug-likeness (QED) is 0.785. The van der Waals surface area contributed by atoms with E-state index in [-0.39, 0.29) is 6.10 Å². The van der Waals surface area contributed by atoms with Crippen molar-refractivity contribution in [2.24, 2.45) is 5.92 Å². The van der Waals surface area contributed by atoms with E-state index in [4.69, 9.17) is 16.3 Å². The Labute approximate surface area is 110 Å². The van der Waals surface area contributed by atoms with Crippen molar-refractivity contribution < 1.29 is 4.74 Å². The molecule has 3 rings (SSSR count). The van der Waals surface area contributed by atoms with Crippen LogP contribution < -0.4 is 4.74 Å². The fourth-order valence-corrected chi connectivity index (χ4v) is 2.53. The molecule has 0 radical (unpaired) electrons. The van der Waals surface area contributed by atoms with Gasteiger partial charge in [0, 0.05) is 6.07 Å². The van der Waals surface area contributed by atoms with E-state index in [1.54, 1.807) is 10.6 Å². The zero-order valence-corrected chi connectivity index (χ0v) is 11.0. The molecule has 1 aliphatic carbocycles. The zero-order valence-electron chi connectivity index (χ0n) is 10.2. The molecule has 2 heterocycles. The molecule has 2 aromatic rings. The molecular formula is C12H15ClN4O. The summed E-state index contributed by atoms with van der Waals surface area (Å²) >= 11 is 5.95. The molecule has 1 saturated carbocycles. The number of ether oxygens (including phenoxy) is 1. The molecule has 0 amide bonds.